The van der Waals surface area contributed by atoms with Crippen molar-refractivity contribution in [2.45, 2.75) is 17.5 Å². The molecule has 0 spiro atoms. The summed E-state index contributed by atoms with van der Waals surface area (Å²) >= 11 is 1.47. The number of aliphatic hydroxyl groups excluding tert-OH is 1. The molecular formula is C22H19NO3S. The summed E-state index contributed by atoms with van der Waals surface area (Å²) in [5, 5.41) is 21.7. The van der Waals surface area contributed by atoms with Crippen molar-refractivity contribution in [2.24, 2.45) is 0 Å². The summed E-state index contributed by atoms with van der Waals surface area (Å²) in [6.45, 7) is 0.672. The Labute approximate surface area is 161 Å². The van der Waals surface area contributed by atoms with Crippen LogP contribution in [0, 0.1) is 0 Å². The highest BCUT2D eigenvalue weighted by atomic mass is 32.2. The topological polar surface area (TPSA) is 62.5 Å². The Morgan fingerprint density at radius 1 is 1.00 bits per heavy atom. The van der Waals surface area contributed by atoms with Crippen molar-refractivity contribution in [3.63, 3.8) is 0 Å². The molecule has 1 aromatic heterocycles. The number of hydrogen-bond acceptors (Lipinski definition) is 3. The van der Waals surface area contributed by atoms with E-state index in [1.807, 2.05) is 42.7 Å². The van der Waals surface area contributed by atoms with Gasteiger partial charge in [0.25, 0.3) is 0 Å². The molecule has 1 unspecified atom stereocenters. The highest BCUT2D eigenvalue weighted by molar-refractivity contribution is 7.98. The molecule has 5 heteroatoms. The average Bonchev–Trinajstić information content (AvgIpc) is 3.01. The van der Waals surface area contributed by atoms with Gasteiger partial charge in [0.15, 0.2) is 6.10 Å². The first kappa shape index (κ1) is 17.6. The van der Waals surface area contributed by atoms with Gasteiger partial charge in [0, 0.05) is 33.3 Å². The molecule has 4 aromatic rings. The summed E-state index contributed by atoms with van der Waals surface area (Å²) in [6, 6.07) is 22.0. The van der Waals surface area contributed by atoms with Crippen molar-refractivity contribution < 1.29 is 15.0 Å². The standard InChI is InChI=1S/C22H19NO3S/c1-27-21-17(20(24)22(25)26)12-11-16-15-9-5-6-10-18(15)23(19(16)21)13-14-7-3-2-4-8-14/h2-12,20,24H,13H2,1H3,(H,25,26). The number of nitrogens with zero attached hydrogens (tertiary/aromatic N) is 1. The Morgan fingerprint density at radius 2 is 1.70 bits per heavy atom. The molecule has 2 N–H and O–H groups in total. The van der Waals surface area contributed by atoms with E-state index in [2.05, 4.69) is 28.8 Å². The number of carbonyl (C=O) groups is 1. The van der Waals surface area contributed by atoms with E-state index in [1.54, 1.807) is 6.07 Å². The van der Waals surface area contributed by atoms with Gasteiger partial charge < -0.3 is 14.8 Å². The number of carboxylic acids is 1. The van der Waals surface area contributed by atoms with Gasteiger partial charge in [0.05, 0.1) is 5.52 Å². The lowest BCUT2D eigenvalue weighted by atomic mass is 10.1. The van der Waals surface area contributed by atoms with Crippen molar-refractivity contribution in [2.75, 3.05) is 6.26 Å². The predicted octanol–water partition coefficient (Wildman–Crippen LogP) is 4.68. The predicted molar refractivity (Wildman–Crippen MR) is 109 cm³/mol. The third kappa shape index (κ3) is 2.99. The lowest BCUT2D eigenvalue weighted by Crippen LogP contribution is -2.12. The molecule has 3 aromatic carbocycles. The van der Waals surface area contributed by atoms with Crippen molar-refractivity contribution in [3.05, 3.63) is 77.9 Å². The van der Waals surface area contributed by atoms with Gasteiger partial charge >= 0.3 is 5.97 Å². The van der Waals surface area contributed by atoms with Gasteiger partial charge in [0.2, 0.25) is 0 Å². The third-order valence-electron chi connectivity index (χ3n) is 4.83. The maximum atomic E-state index is 11.4. The second-order valence-corrected chi connectivity index (χ2v) is 7.23. The van der Waals surface area contributed by atoms with Gasteiger partial charge in [-0.3, -0.25) is 0 Å². The number of para-hydroxylation sites is 1. The maximum Gasteiger partial charge on any atom is 0.337 e. The smallest absolute Gasteiger partial charge is 0.337 e. The molecule has 1 heterocycles. The number of fused-ring (bicyclic) bond motifs is 3. The molecule has 0 aliphatic rings. The van der Waals surface area contributed by atoms with Gasteiger partial charge in [-0.25, -0.2) is 4.79 Å². The lowest BCUT2D eigenvalue weighted by Gasteiger charge is -2.15. The maximum absolute atomic E-state index is 11.4. The molecule has 0 amide bonds. The van der Waals surface area contributed by atoms with E-state index in [0.717, 1.165) is 32.3 Å². The molecule has 1 atom stereocenters. The summed E-state index contributed by atoms with van der Waals surface area (Å²) in [7, 11) is 0. The van der Waals surface area contributed by atoms with Crippen LogP contribution in [0.5, 0.6) is 0 Å². The molecule has 0 fully saturated rings. The largest absolute Gasteiger partial charge is 0.479 e. The number of thioether (sulfide) groups is 1. The Hall–Kier alpha value is -2.76. The Morgan fingerprint density at radius 3 is 2.41 bits per heavy atom. The van der Waals surface area contributed by atoms with Gasteiger partial charge in [-0.2, -0.15) is 0 Å². The average molecular weight is 377 g/mol. The van der Waals surface area contributed by atoms with E-state index < -0.39 is 12.1 Å². The zero-order valence-corrected chi connectivity index (χ0v) is 15.6. The quantitative estimate of drug-likeness (QED) is 0.496. The van der Waals surface area contributed by atoms with Crippen LogP contribution in [0.2, 0.25) is 0 Å². The molecule has 0 aliphatic heterocycles. The fourth-order valence-electron chi connectivity index (χ4n) is 3.62. The van der Waals surface area contributed by atoms with Crippen molar-refractivity contribution >= 4 is 39.5 Å². The summed E-state index contributed by atoms with van der Waals surface area (Å²) in [5.41, 5.74) is 3.65. The molecular weight excluding hydrogens is 358 g/mol. The minimum Gasteiger partial charge on any atom is -0.479 e. The minimum absolute atomic E-state index is 0.430. The van der Waals surface area contributed by atoms with E-state index in [-0.39, 0.29) is 0 Å². The summed E-state index contributed by atoms with van der Waals surface area (Å²) in [6.07, 6.45) is 0.372. The Bertz CT molecular complexity index is 1130. The number of aliphatic hydroxyl groups is 1. The number of carboxylic acid groups (broad SMARTS) is 1. The van der Waals surface area contributed by atoms with Crippen molar-refractivity contribution in [1.29, 1.82) is 0 Å². The molecule has 4 rings (SSSR count). The number of benzene rings is 3. The monoisotopic (exact) mass is 377 g/mol. The second kappa shape index (κ2) is 7.10. The fraction of sp³-hybridized carbons (Fsp3) is 0.136. The molecule has 27 heavy (non-hydrogen) atoms. The molecule has 0 aliphatic carbocycles. The first-order valence-corrected chi connectivity index (χ1v) is 9.87. The van der Waals surface area contributed by atoms with E-state index >= 15 is 0 Å². The first-order valence-electron chi connectivity index (χ1n) is 8.64. The van der Waals surface area contributed by atoms with Crippen LogP contribution in [0.3, 0.4) is 0 Å². The SMILES string of the molecule is CSc1c(C(O)C(=O)O)ccc2c3ccccc3n(Cc3ccccc3)c12. The molecule has 0 saturated heterocycles. The van der Waals surface area contributed by atoms with Crippen LogP contribution in [-0.4, -0.2) is 27.0 Å². The van der Waals surface area contributed by atoms with Crippen LogP contribution in [-0.2, 0) is 11.3 Å². The van der Waals surface area contributed by atoms with Crippen LogP contribution in [0.15, 0.2) is 71.6 Å². The molecule has 4 nitrogen and oxygen atoms in total. The molecule has 0 radical (unpaired) electrons. The highest BCUT2D eigenvalue weighted by Crippen LogP contribution is 2.39. The number of rotatable bonds is 5. The van der Waals surface area contributed by atoms with Gasteiger partial charge in [0.1, 0.15) is 0 Å². The Kier molecular flexibility index (Phi) is 4.64. The zero-order chi connectivity index (χ0) is 19.0. The van der Waals surface area contributed by atoms with Gasteiger partial charge in [-0.1, -0.05) is 60.7 Å². The normalized spacial score (nSPS) is 12.5. The van der Waals surface area contributed by atoms with E-state index in [9.17, 15) is 15.0 Å². The van der Waals surface area contributed by atoms with Crippen LogP contribution in [0.25, 0.3) is 21.8 Å². The minimum atomic E-state index is -1.54. The van der Waals surface area contributed by atoms with Crippen LogP contribution < -0.4 is 0 Å². The first-order chi connectivity index (χ1) is 13.1. The number of aromatic nitrogens is 1. The van der Waals surface area contributed by atoms with Crippen LogP contribution in [0.4, 0.5) is 0 Å². The Balaban J connectivity index is 2.06. The van der Waals surface area contributed by atoms with Crippen LogP contribution in [0.1, 0.15) is 17.2 Å². The molecule has 136 valence electrons. The lowest BCUT2D eigenvalue weighted by molar-refractivity contribution is -0.147. The molecule has 0 saturated carbocycles. The summed E-state index contributed by atoms with van der Waals surface area (Å²) in [5.74, 6) is -1.24. The van der Waals surface area contributed by atoms with Crippen LogP contribution >= 0.6 is 11.8 Å². The van der Waals surface area contributed by atoms with Gasteiger partial charge in [-0.15, -0.1) is 11.8 Å². The number of aliphatic carboxylic acids is 1. The fourth-order valence-corrected chi connectivity index (χ4v) is 4.45. The van der Waals surface area contributed by atoms with Gasteiger partial charge in [-0.05, 0) is 17.9 Å². The summed E-state index contributed by atoms with van der Waals surface area (Å²) in [4.78, 5) is 12.2. The highest BCUT2D eigenvalue weighted by Gasteiger charge is 2.24. The van der Waals surface area contributed by atoms with Crippen molar-refractivity contribution in [3.8, 4) is 0 Å². The zero-order valence-electron chi connectivity index (χ0n) is 14.8. The third-order valence-corrected chi connectivity index (χ3v) is 5.67. The van der Waals surface area contributed by atoms with E-state index in [1.165, 1.54) is 11.8 Å². The number of hydrogen-bond donors (Lipinski definition) is 2. The summed E-state index contributed by atoms with van der Waals surface area (Å²) < 4.78 is 2.21. The van der Waals surface area contributed by atoms with E-state index in [0.29, 0.717) is 12.1 Å². The van der Waals surface area contributed by atoms with E-state index in [4.69, 9.17) is 0 Å². The second-order valence-electron chi connectivity index (χ2n) is 6.41. The molecule has 0 bridgehead atoms. The van der Waals surface area contributed by atoms with Crippen molar-refractivity contribution in [1.82, 2.24) is 4.57 Å².